The van der Waals surface area contributed by atoms with Gasteiger partial charge in [-0.25, -0.2) is 4.39 Å². The third kappa shape index (κ3) is 4.04. The van der Waals surface area contributed by atoms with Crippen LogP contribution in [0.25, 0.3) is 11.1 Å². The molecule has 2 N–H and O–H groups in total. The van der Waals surface area contributed by atoms with Gasteiger partial charge in [-0.05, 0) is 57.9 Å². The van der Waals surface area contributed by atoms with Gasteiger partial charge in [-0.15, -0.1) is 0 Å². The molecule has 6 nitrogen and oxygen atoms in total. The van der Waals surface area contributed by atoms with Crippen LogP contribution < -0.4 is 15.4 Å². The number of rotatable bonds is 6. The van der Waals surface area contributed by atoms with Gasteiger partial charge in [0.1, 0.15) is 24.3 Å². The molecule has 2 unspecified atom stereocenters. The Balaban J connectivity index is 1.58. The fourth-order valence-corrected chi connectivity index (χ4v) is 3.72. The highest BCUT2D eigenvalue weighted by Gasteiger charge is 2.43. The first-order chi connectivity index (χ1) is 13.5. The van der Waals surface area contributed by atoms with E-state index in [-0.39, 0.29) is 5.91 Å². The van der Waals surface area contributed by atoms with Gasteiger partial charge in [0.25, 0.3) is 0 Å². The summed E-state index contributed by atoms with van der Waals surface area (Å²) in [4.78, 5) is 12.1. The standard InChI is InChI=1S/C21H26FN3O3/c1-12-20(13(2)28-25-12)17-9-14(24-21(26)16-10-18(16)22)6-7-19(17)27-11-15-5-3-4-8-23-15/h6-7,9,15-16,18,23H,3-5,8,10-11H2,1-2H3,(H,24,26)/t15-,16?,18?/m1/s1. The minimum atomic E-state index is -1.02. The van der Waals surface area contributed by atoms with Gasteiger partial charge in [0, 0.05) is 17.3 Å². The van der Waals surface area contributed by atoms with Crippen LogP contribution in [0, 0.1) is 19.8 Å². The maximum absolute atomic E-state index is 13.2. The van der Waals surface area contributed by atoms with E-state index in [2.05, 4.69) is 15.8 Å². The number of amides is 1. The second-order valence-electron chi connectivity index (χ2n) is 7.72. The van der Waals surface area contributed by atoms with Crippen LogP contribution in [0.4, 0.5) is 10.1 Å². The molecule has 7 heteroatoms. The van der Waals surface area contributed by atoms with Gasteiger partial charge in [-0.3, -0.25) is 4.79 Å². The number of piperidine rings is 1. The largest absolute Gasteiger partial charge is 0.491 e. The minimum Gasteiger partial charge on any atom is -0.491 e. The first-order valence-electron chi connectivity index (χ1n) is 9.91. The van der Waals surface area contributed by atoms with E-state index >= 15 is 0 Å². The first-order valence-corrected chi connectivity index (χ1v) is 9.91. The summed E-state index contributed by atoms with van der Waals surface area (Å²) < 4.78 is 24.6. The van der Waals surface area contributed by atoms with E-state index in [1.54, 1.807) is 6.07 Å². The predicted octanol–water partition coefficient (Wildman–Crippen LogP) is 3.78. The number of nitrogens with one attached hydrogen (secondary N) is 2. The van der Waals surface area contributed by atoms with Gasteiger partial charge in [0.2, 0.25) is 5.91 Å². The second kappa shape index (κ2) is 7.91. The van der Waals surface area contributed by atoms with E-state index in [0.717, 1.165) is 35.5 Å². The molecule has 0 radical (unpaired) electrons. The van der Waals surface area contributed by atoms with Gasteiger partial charge < -0.3 is 19.9 Å². The zero-order valence-corrected chi connectivity index (χ0v) is 16.3. The lowest BCUT2D eigenvalue weighted by molar-refractivity contribution is -0.117. The first kappa shape index (κ1) is 18.9. The predicted molar refractivity (Wildman–Crippen MR) is 104 cm³/mol. The lowest BCUT2D eigenvalue weighted by Crippen LogP contribution is -2.38. The van der Waals surface area contributed by atoms with Crippen molar-refractivity contribution in [2.45, 2.75) is 51.7 Å². The van der Waals surface area contributed by atoms with E-state index in [1.165, 1.54) is 12.8 Å². The number of nitrogens with zero attached hydrogens (tertiary/aromatic N) is 1. The maximum atomic E-state index is 13.2. The van der Waals surface area contributed by atoms with E-state index in [9.17, 15) is 9.18 Å². The number of benzene rings is 1. The van der Waals surface area contributed by atoms with Crippen LogP contribution in [0.3, 0.4) is 0 Å². The number of halogens is 1. The lowest BCUT2D eigenvalue weighted by atomic mass is 10.0. The molecule has 1 saturated heterocycles. The quantitative estimate of drug-likeness (QED) is 0.789. The average Bonchev–Trinajstić information content (AvgIpc) is 3.34. The Labute approximate surface area is 163 Å². The number of hydrogen-bond donors (Lipinski definition) is 2. The molecule has 1 aromatic heterocycles. The fourth-order valence-electron chi connectivity index (χ4n) is 3.72. The Morgan fingerprint density at radius 3 is 2.86 bits per heavy atom. The van der Waals surface area contributed by atoms with Crippen molar-refractivity contribution >= 4 is 11.6 Å². The summed E-state index contributed by atoms with van der Waals surface area (Å²) in [6.45, 7) is 5.33. The summed E-state index contributed by atoms with van der Waals surface area (Å²) in [5.41, 5.74) is 3.05. The van der Waals surface area contributed by atoms with Crippen molar-refractivity contribution in [1.29, 1.82) is 0 Å². The molecule has 1 aliphatic carbocycles. The van der Waals surface area contributed by atoms with Crippen LogP contribution in [-0.2, 0) is 4.79 Å². The third-order valence-corrected chi connectivity index (χ3v) is 5.45. The molecule has 0 spiro atoms. The summed E-state index contributed by atoms with van der Waals surface area (Å²) >= 11 is 0. The normalized spacial score (nSPS) is 24.0. The van der Waals surface area contributed by atoms with Crippen LogP contribution in [0.5, 0.6) is 5.75 Å². The van der Waals surface area contributed by atoms with E-state index in [1.807, 2.05) is 26.0 Å². The highest BCUT2D eigenvalue weighted by Crippen LogP contribution is 2.38. The Bertz CT molecular complexity index is 841. The van der Waals surface area contributed by atoms with Gasteiger partial charge in [-0.1, -0.05) is 11.6 Å². The molecule has 3 atom stereocenters. The van der Waals surface area contributed by atoms with Crippen molar-refractivity contribution in [3.8, 4) is 16.9 Å². The van der Waals surface area contributed by atoms with E-state index < -0.39 is 12.1 Å². The minimum absolute atomic E-state index is 0.280. The van der Waals surface area contributed by atoms with Crippen LogP contribution in [0.15, 0.2) is 22.7 Å². The molecule has 2 aliphatic rings. The Morgan fingerprint density at radius 1 is 1.39 bits per heavy atom. The summed E-state index contributed by atoms with van der Waals surface area (Å²) in [7, 11) is 0. The van der Waals surface area contributed by atoms with Gasteiger partial charge in [0.15, 0.2) is 0 Å². The Kier molecular flexibility index (Phi) is 5.35. The molecule has 1 aliphatic heterocycles. The zero-order valence-electron chi connectivity index (χ0n) is 16.3. The van der Waals surface area contributed by atoms with Gasteiger partial charge >= 0.3 is 0 Å². The molecule has 28 heavy (non-hydrogen) atoms. The molecule has 4 rings (SSSR count). The number of aryl methyl sites for hydroxylation is 2. The van der Waals surface area contributed by atoms with E-state index in [0.29, 0.717) is 30.5 Å². The number of anilines is 1. The molecule has 2 fully saturated rings. The molecule has 1 amide bonds. The molecular weight excluding hydrogens is 361 g/mol. The number of alkyl halides is 1. The summed E-state index contributed by atoms with van der Waals surface area (Å²) in [6.07, 6.45) is 2.79. The Morgan fingerprint density at radius 2 is 2.21 bits per heavy atom. The zero-order chi connectivity index (χ0) is 19.7. The van der Waals surface area contributed by atoms with Crippen molar-refractivity contribution in [3.63, 3.8) is 0 Å². The molecular formula is C21H26FN3O3. The van der Waals surface area contributed by atoms with Gasteiger partial charge in [-0.2, -0.15) is 0 Å². The molecule has 2 heterocycles. The maximum Gasteiger partial charge on any atom is 0.230 e. The van der Waals surface area contributed by atoms with Gasteiger partial charge in [0.05, 0.1) is 17.2 Å². The molecule has 1 aromatic carbocycles. The summed E-state index contributed by atoms with van der Waals surface area (Å²) in [5.74, 6) is 0.593. The van der Waals surface area contributed by atoms with Crippen molar-refractivity contribution in [1.82, 2.24) is 10.5 Å². The average molecular weight is 387 g/mol. The smallest absolute Gasteiger partial charge is 0.230 e. The number of hydrogen-bond acceptors (Lipinski definition) is 5. The van der Waals surface area contributed by atoms with Crippen LogP contribution in [0.2, 0.25) is 0 Å². The Hall–Kier alpha value is -2.41. The number of carbonyl (C=O) groups is 1. The topological polar surface area (TPSA) is 76.4 Å². The van der Waals surface area contributed by atoms with E-state index in [4.69, 9.17) is 9.26 Å². The summed E-state index contributed by atoms with van der Waals surface area (Å²) in [6, 6.07) is 5.82. The van der Waals surface area contributed by atoms with Crippen molar-refractivity contribution < 1.29 is 18.4 Å². The van der Waals surface area contributed by atoms with Crippen molar-refractivity contribution in [2.24, 2.45) is 5.92 Å². The van der Waals surface area contributed by atoms with Crippen LogP contribution in [-0.4, -0.2) is 36.4 Å². The van der Waals surface area contributed by atoms with Crippen molar-refractivity contribution in [2.75, 3.05) is 18.5 Å². The van der Waals surface area contributed by atoms with Crippen LogP contribution >= 0.6 is 0 Å². The molecule has 2 aromatic rings. The monoisotopic (exact) mass is 387 g/mol. The van der Waals surface area contributed by atoms with Crippen molar-refractivity contribution in [3.05, 3.63) is 29.7 Å². The summed E-state index contributed by atoms with van der Waals surface area (Å²) in [5, 5.41) is 10.3. The van der Waals surface area contributed by atoms with Crippen LogP contribution in [0.1, 0.15) is 37.1 Å². The SMILES string of the molecule is Cc1noc(C)c1-c1cc(NC(=O)C2CC2F)ccc1OC[C@H]1CCCCN1. The molecule has 0 bridgehead atoms. The number of ether oxygens (including phenoxy) is 1. The number of aromatic nitrogens is 1. The fraction of sp³-hybridized carbons (Fsp3) is 0.524. The molecule has 150 valence electrons. The second-order valence-corrected chi connectivity index (χ2v) is 7.72. The molecule has 1 saturated carbocycles. The lowest BCUT2D eigenvalue weighted by Gasteiger charge is -2.24. The highest BCUT2D eigenvalue weighted by molar-refractivity contribution is 5.95. The third-order valence-electron chi connectivity index (χ3n) is 5.45. The number of carbonyl (C=O) groups excluding carboxylic acids is 1. The highest BCUT2D eigenvalue weighted by atomic mass is 19.1.